The van der Waals surface area contributed by atoms with E-state index in [9.17, 15) is 19.8 Å². The second-order valence-electron chi connectivity index (χ2n) is 13.5. The minimum atomic E-state index is -0.838. The van der Waals surface area contributed by atoms with Crippen LogP contribution in [0.3, 0.4) is 0 Å². The highest BCUT2D eigenvalue weighted by Crippen LogP contribution is 2.59. The maximum absolute atomic E-state index is 13.2. The van der Waals surface area contributed by atoms with Crippen molar-refractivity contribution in [2.75, 3.05) is 13.1 Å². The van der Waals surface area contributed by atoms with Gasteiger partial charge in [0, 0.05) is 35.6 Å². The van der Waals surface area contributed by atoms with Crippen molar-refractivity contribution in [3.05, 3.63) is 75.6 Å². The first-order chi connectivity index (χ1) is 19.1. The molecule has 1 heterocycles. The monoisotopic (exact) mass is 543 g/mol. The zero-order valence-electron chi connectivity index (χ0n) is 23.5. The molecule has 7 heteroatoms. The molecule has 7 rings (SSSR count). The van der Waals surface area contributed by atoms with Crippen molar-refractivity contribution in [1.29, 1.82) is 0 Å². The van der Waals surface area contributed by atoms with Gasteiger partial charge in [0.2, 0.25) is 5.56 Å². The van der Waals surface area contributed by atoms with E-state index in [4.69, 9.17) is 0 Å². The Balaban J connectivity index is 1.07. The summed E-state index contributed by atoms with van der Waals surface area (Å²) in [6.07, 6.45) is 7.90. The number of rotatable bonds is 9. The fraction of sp³-hybridized carbons (Fsp3) is 0.515. The number of benzene rings is 2. The van der Waals surface area contributed by atoms with Crippen LogP contribution in [0.5, 0.6) is 5.75 Å². The second kappa shape index (κ2) is 10.3. The van der Waals surface area contributed by atoms with Gasteiger partial charge in [-0.15, -0.1) is 0 Å². The molecule has 212 valence electrons. The van der Waals surface area contributed by atoms with Crippen LogP contribution in [0.1, 0.15) is 80.0 Å². The Kier molecular flexibility index (Phi) is 6.99. The van der Waals surface area contributed by atoms with Gasteiger partial charge in [0.1, 0.15) is 5.75 Å². The largest absolute Gasteiger partial charge is 0.506 e. The summed E-state index contributed by atoms with van der Waals surface area (Å²) in [5.74, 6) is 2.60. The first-order valence-electron chi connectivity index (χ1n) is 14.7. The number of fused-ring (bicyclic) bond motifs is 1. The predicted molar refractivity (Wildman–Crippen MR) is 156 cm³/mol. The van der Waals surface area contributed by atoms with Crippen molar-refractivity contribution < 1.29 is 15.0 Å². The third kappa shape index (κ3) is 5.54. The summed E-state index contributed by atoms with van der Waals surface area (Å²) in [7, 11) is 0. The molecule has 0 spiro atoms. The van der Waals surface area contributed by atoms with E-state index >= 15 is 0 Å². The lowest BCUT2D eigenvalue weighted by Crippen LogP contribution is -2.51. The van der Waals surface area contributed by atoms with E-state index < -0.39 is 6.10 Å². The smallest absolute Gasteiger partial charge is 0.251 e. The highest BCUT2D eigenvalue weighted by Gasteiger charge is 2.50. The van der Waals surface area contributed by atoms with Crippen molar-refractivity contribution in [1.82, 2.24) is 15.6 Å². The molecule has 2 aromatic carbocycles. The number of aliphatic hydroxyl groups excluding tert-OH is 1. The van der Waals surface area contributed by atoms with Crippen molar-refractivity contribution in [3.8, 4) is 5.75 Å². The molecule has 4 fully saturated rings. The fourth-order valence-corrected chi connectivity index (χ4v) is 8.30. The Morgan fingerprint density at radius 3 is 2.45 bits per heavy atom. The molecule has 40 heavy (non-hydrogen) atoms. The molecule has 1 atom stereocenters. The van der Waals surface area contributed by atoms with Crippen LogP contribution in [0.2, 0.25) is 0 Å². The molecule has 4 saturated carbocycles. The lowest BCUT2D eigenvalue weighted by molar-refractivity contribution is -0.0503. The normalized spacial score (nSPS) is 26.2. The molecule has 5 N–H and O–H groups in total. The summed E-state index contributed by atoms with van der Waals surface area (Å²) >= 11 is 0. The lowest BCUT2D eigenvalue weighted by Gasteiger charge is -2.56. The second-order valence-corrected chi connectivity index (χ2v) is 13.5. The first kappa shape index (κ1) is 27.0. The zero-order chi connectivity index (χ0) is 28.1. The number of H-pyrrole nitrogens is 1. The molecular formula is C33H41N3O4. The van der Waals surface area contributed by atoms with Crippen LogP contribution in [-0.4, -0.2) is 39.7 Å². The standard InChI is InChI=1S/C33H41N3O4/c1-32(2,35-18-28(38)25-6-8-27(37)30-26(25)7-9-29(39)36-30)14-20-4-3-5-24(13-20)31(40)34-19-33-15-21-10-22(16-33)12-23(11-21)17-33/h3-9,13,21-23,28,35,37-38H,10-12,14-19H2,1-2H3,(H,34,40)(H,36,39)/t21?,22?,23?,28-,33?/m0/s1. The van der Waals surface area contributed by atoms with Gasteiger partial charge in [0.05, 0.1) is 11.6 Å². The molecule has 0 unspecified atom stereocenters. The molecule has 1 aromatic heterocycles. The number of hydrogen-bond donors (Lipinski definition) is 5. The van der Waals surface area contributed by atoms with E-state index in [1.807, 2.05) is 24.3 Å². The van der Waals surface area contributed by atoms with E-state index in [0.29, 0.717) is 33.9 Å². The average molecular weight is 544 g/mol. The van der Waals surface area contributed by atoms with Gasteiger partial charge in [-0.05, 0) is 117 Å². The number of carbonyl (C=O) groups is 1. The van der Waals surface area contributed by atoms with Gasteiger partial charge in [-0.3, -0.25) is 9.59 Å². The van der Waals surface area contributed by atoms with Crippen LogP contribution in [0.4, 0.5) is 0 Å². The molecule has 4 aliphatic carbocycles. The SMILES string of the molecule is CC(C)(Cc1cccc(C(=O)NCC23CC4CC(CC(C4)C2)C3)c1)NC[C@H](O)c1ccc(O)c2[nH]c(=O)ccc12. The number of aromatic amines is 1. The number of hydrogen-bond acceptors (Lipinski definition) is 5. The third-order valence-corrected chi connectivity index (χ3v) is 9.66. The van der Waals surface area contributed by atoms with E-state index in [1.165, 1.54) is 50.7 Å². The molecule has 4 bridgehead atoms. The van der Waals surface area contributed by atoms with Crippen LogP contribution in [0, 0.1) is 23.2 Å². The van der Waals surface area contributed by atoms with Gasteiger partial charge >= 0.3 is 0 Å². The summed E-state index contributed by atoms with van der Waals surface area (Å²) in [4.78, 5) is 27.5. The van der Waals surface area contributed by atoms with Gasteiger partial charge in [0.25, 0.3) is 5.91 Å². The first-order valence-corrected chi connectivity index (χ1v) is 14.7. The maximum atomic E-state index is 13.2. The maximum Gasteiger partial charge on any atom is 0.251 e. The molecule has 1 amide bonds. The quantitative estimate of drug-likeness (QED) is 0.265. The molecule has 0 saturated heterocycles. The van der Waals surface area contributed by atoms with Gasteiger partial charge in [0.15, 0.2) is 0 Å². The molecule has 4 aliphatic rings. The fourth-order valence-electron chi connectivity index (χ4n) is 8.30. The van der Waals surface area contributed by atoms with Gasteiger partial charge < -0.3 is 25.8 Å². The van der Waals surface area contributed by atoms with Crippen molar-refractivity contribution >= 4 is 16.8 Å². The number of phenolic OH excluding ortho intramolecular Hbond substituents is 1. The topological polar surface area (TPSA) is 114 Å². The molecule has 7 nitrogen and oxygen atoms in total. The number of aliphatic hydroxyl groups is 1. The number of pyridine rings is 1. The number of phenols is 1. The summed E-state index contributed by atoms with van der Waals surface area (Å²) in [6.45, 7) is 5.24. The van der Waals surface area contributed by atoms with Crippen molar-refractivity contribution in [2.24, 2.45) is 23.2 Å². The summed E-state index contributed by atoms with van der Waals surface area (Å²) in [5, 5.41) is 28.5. The highest BCUT2D eigenvalue weighted by molar-refractivity contribution is 5.94. The highest BCUT2D eigenvalue weighted by atomic mass is 16.3. The summed E-state index contributed by atoms with van der Waals surface area (Å²) in [6, 6.07) is 14.0. The van der Waals surface area contributed by atoms with Gasteiger partial charge in [-0.1, -0.05) is 18.2 Å². The Labute approximate surface area is 235 Å². The Morgan fingerprint density at radius 2 is 1.75 bits per heavy atom. The van der Waals surface area contributed by atoms with E-state index in [2.05, 4.69) is 29.5 Å². The number of β-amino-alcohol motifs (C(OH)–C–C–N with tert-alkyl or cyclic N) is 1. The summed E-state index contributed by atoms with van der Waals surface area (Å²) < 4.78 is 0. The van der Waals surface area contributed by atoms with E-state index in [-0.39, 0.29) is 29.3 Å². The number of amides is 1. The van der Waals surface area contributed by atoms with Crippen LogP contribution in [0.15, 0.2) is 53.3 Å². The number of carbonyl (C=O) groups excluding carboxylic acids is 1. The molecule has 3 aromatic rings. The molecule has 0 radical (unpaired) electrons. The van der Waals surface area contributed by atoms with Gasteiger partial charge in [-0.25, -0.2) is 0 Å². The van der Waals surface area contributed by atoms with Crippen LogP contribution in [0.25, 0.3) is 10.9 Å². The number of aromatic hydroxyl groups is 1. The predicted octanol–water partition coefficient (Wildman–Crippen LogP) is 4.82. The van der Waals surface area contributed by atoms with Crippen molar-refractivity contribution in [3.63, 3.8) is 0 Å². The lowest BCUT2D eigenvalue weighted by atomic mass is 9.49. The average Bonchev–Trinajstić information content (AvgIpc) is 2.90. The van der Waals surface area contributed by atoms with Gasteiger partial charge in [-0.2, -0.15) is 0 Å². The van der Waals surface area contributed by atoms with Crippen LogP contribution >= 0.6 is 0 Å². The Hall–Kier alpha value is -3.16. The number of aromatic nitrogens is 1. The van der Waals surface area contributed by atoms with E-state index in [0.717, 1.165) is 29.9 Å². The Bertz CT molecular complexity index is 1440. The van der Waals surface area contributed by atoms with E-state index in [1.54, 1.807) is 12.1 Å². The van der Waals surface area contributed by atoms with Crippen molar-refractivity contribution in [2.45, 2.75) is 70.4 Å². The Morgan fingerprint density at radius 1 is 1.05 bits per heavy atom. The number of nitrogens with one attached hydrogen (secondary N) is 3. The zero-order valence-corrected chi connectivity index (χ0v) is 23.5. The molecule has 0 aliphatic heterocycles. The third-order valence-electron chi connectivity index (χ3n) is 9.66. The summed E-state index contributed by atoms with van der Waals surface area (Å²) in [5.41, 5.74) is 2.36. The van der Waals surface area contributed by atoms with Crippen LogP contribution in [-0.2, 0) is 6.42 Å². The van der Waals surface area contributed by atoms with Crippen LogP contribution < -0.4 is 16.2 Å². The molecular weight excluding hydrogens is 502 g/mol. The minimum Gasteiger partial charge on any atom is -0.506 e. The minimum absolute atomic E-state index is 0.0102.